The van der Waals surface area contributed by atoms with E-state index < -0.39 is 10.0 Å². The molecule has 0 aliphatic carbocycles. The second-order valence-electron chi connectivity index (χ2n) is 5.66. The lowest BCUT2D eigenvalue weighted by atomic mass is 10.1. The standard InChI is InChI=1S/C17H20N2O3S3/c1-4-22-8-7-19-14-11-12(2)10-13(3)16(14)24-17(19)18-25(20,21)15-6-5-9-23-15/h5-6,9-11H,4,7-8H2,1-3H3. The maximum atomic E-state index is 12.6. The Labute approximate surface area is 155 Å². The molecule has 2 heterocycles. The Hall–Kier alpha value is -1.48. The molecule has 3 rings (SSSR count). The molecule has 134 valence electrons. The summed E-state index contributed by atoms with van der Waals surface area (Å²) in [6.45, 7) is 7.72. The van der Waals surface area contributed by atoms with E-state index in [-0.39, 0.29) is 4.21 Å². The molecule has 0 spiro atoms. The third-order valence-electron chi connectivity index (χ3n) is 3.73. The minimum absolute atomic E-state index is 0.259. The highest BCUT2D eigenvalue weighted by Gasteiger charge is 2.16. The molecule has 0 N–H and O–H groups in total. The highest BCUT2D eigenvalue weighted by molar-refractivity contribution is 7.92. The van der Waals surface area contributed by atoms with Crippen LogP contribution in [0.5, 0.6) is 0 Å². The summed E-state index contributed by atoms with van der Waals surface area (Å²) in [5, 5.41) is 1.74. The fourth-order valence-electron chi connectivity index (χ4n) is 2.66. The molecule has 0 fully saturated rings. The number of benzene rings is 1. The third-order valence-corrected chi connectivity index (χ3v) is 7.71. The molecule has 3 aromatic rings. The average molecular weight is 397 g/mol. The van der Waals surface area contributed by atoms with Gasteiger partial charge in [-0.05, 0) is 49.4 Å². The SMILES string of the molecule is CCOCCn1c(=NS(=O)(=O)c2cccs2)sc2c(C)cc(C)cc21. The summed E-state index contributed by atoms with van der Waals surface area (Å²) < 4.78 is 38.0. The molecule has 0 atom stereocenters. The van der Waals surface area contributed by atoms with Gasteiger partial charge in [0.1, 0.15) is 4.21 Å². The van der Waals surface area contributed by atoms with Crippen molar-refractivity contribution in [3.8, 4) is 0 Å². The fraction of sp³-hybridized carbons (Fsp3) is 0.353. The molecule has 1 aromatic carbocycles. The molecule has 0 unspecified atom stereocenters. The number of fused-ring (bicyclic) bond motifs is 1. The Balaban J connectivity index is 2.21. The van der Waals surface area contributed by atoms with Crippen LogP contribution in [0, 0.1) is 13.8 Å². The van der Waals surface area contributed by atoms with Crippen LogP contribution < -0.4 is 4.80 Å². The Morgan fingerprint density at radius 3 is 2.76 bits per heavy atom. The van der Waals surface area contributed by atoms with Gasteiger partial charge in [-0.15, -0.1) is 15.7 Å². The summed E-state index contributed by atoms with van der Waals surface area (Å²) in [6.07, 6.45) is 0. The summed E-state index contributed by atoms with van der Waals surface area (Å²) in [5.41, 5.74) is 3.27. The number of ether oxygens (including phenoxy) is 1. The van der Waals surface area contributed by atoms with E-state index in [1.54, 1.807) is 17.5 Å². The van der Waals surface area contributed by atoms with Crippen LogP contribution in [0.2, 0.25) is 0 Å². The highest BCUT2D eigenvalue weighted by atomic mass is 32.2. The van der Waals surface area contributed by atoms with E-state index in [1.807, 2.05) is 25.3 Å². The Kier molecular flexibility index (Phi) is 5.43. The second-order valence-corrected chi connectivity index (χ2v) is 9.42. The van der Waals surface area contributed by atoms with Crippen molar-refractivity contribution in [3.63, 3.8) is 0 Å². The van der Waals surface area contributed by atoms with Crippen LogP contribution in [-0.4, -0.2) is 26.2 Å². The van der Waals surface area contributed by atoms with Gasteiger partial charge in [-0.2, -0.15) is 8.42 Å². The topological polar surface area (TPSA) is 60.7 Å². The largest absolute Gasteiger partial charge is 0.380 e. The molecule has 0 amide bonds. The van der Waals surface area contributed by atoms with Crippen LogP contribution >= 0.6 is 22.7 Å². The van der Waals surface area contributed by atoms with Gasteiger partial charge in [-0.1, -0.05) is 23.5 Å². The zero-order chi connectivity index (χ0) is 18.0. The Morgan fingerprint density at radius 1 is 1.28 bits per heavy atom. The number of hydrogen-bond acceptors (Lipinski definition) is 5. The molecule has 0 radical (unpaired) electrons. The number of hydrogen-bond donors (Lipinski definition) is 0. The van der Waals surface area contributed by atoms with Gasteiger partial charge in [0.25, 0.3) is 10.0 Å². The normalized spacial score (nSPS) is 13.0. The minimum Gasteiger partial charge on any atom is -0.380 e. The molecule has 8 heteroatoms. The van der Waals surface area contributed by atoms with Crippen molar-refractivity contribution in [1.82, 2.24) is 4.57 Å². The van der Waals surface area contributed by atoms with Crippen molar-refractivity contribution in [1.29, 1.82) is 0 Å². The lowest BCUT2D eigenvalue weighted by Crippen LogP contribution is -2.19. The van der Waals surface area contributed by atoms with Crippen LogP contribution in [0.3, 0.4) is 0 Å². The van der Waals surface area contributed by atoms with Gasteiger partial charge in [0.2, 0.25) is 4.80 Å². The predicted molar refractivity (Wildman–Crippen MR) is 103 cm³/mol. The average Bonchev–Trinajstić information content (AvgIpc) is 3.17. The van der Waals surface area contributed by atoms with Crippen molar-refractivity contribution >= 4 is 42.9 Å². The lowest BCUT2D eigenvalue weighted by Gasteiger charge is -2.07. The molecule has 5 nitrogen and oxygen atoms in total. The van der Waals surface area contributed by atoms with Crippen molar-refractivity contribution < 1.29 is 13.2 Å². The van der Waals surface area contributed by atoms with Crippen molar-refractivity contribution in [2.75, 3.05) is 13.2 Å². The van der Waals surface area contributed by atoms with Gasteiger partial charge in [0.05, 0.1) is 16.8 Å². The van der Waals surface area contributed by atoms with Crippen molar-refractivity contribution in [2.24, 2.45) is 4.40 Å². The number of thiophene rings is 1. The maximum absolute atomic E-state index is 12.6. The Bertz CT molecular complexity index is 1040. The monoisotopic (exact) mass is 396 g/mol. The lowest BCUT2D eigenvalue weighted by molar-refractivity contribution is 0.139. The second kappa shape index (κ2) is 7.41. The number of nitrogens with zero attached hydrogens (tertiary/aromatic N) is 2. The number of thiazole rings is 1. The van der Waals surface area contributed by atoms with Gasteiger partial charge >= 0.3 is 0 Å². The molecule has 25 heavy (non-hydrogen) atoms. The first-order chi connectivity index (χ1) is 11.9. The minimum atomic E-state index is -3.70. The maximum Gasteiger partial charge on any atom is 0.294 e. The number of sulfonamides is 1. The molecular formula is C17H20N2O3S3. The molecular weight excluding hydrogens is 376 g/mol. The van der Waals surface area contributed by atoms with E-state index in [4.69, 9.17) is 4.74 Å². The van der Waals surface area contributed by atoms with Crippen LogP contribution in [-0.2, 0) is 21.3 Å². The van der Waals surface area contributed by atoms with Crippen LogP contribution in [0.1, 0.15) is 18.1 Å². The van der Waals surface area contributed by atoms with E-state index in [0.717, 1.165) is 21.3 Å². The summed E-state index contributed by atoms with van der Waals surface area (Å²) in [4.78, 5) is 0.483. The third kappa shape index (κ3) is 3.87. The smallest absolute Gasteiger partial charge is 0.294 e. The van der Waals surface area contributed by atoms with Crippen LogP contribution in [0.4, 0.5) is 0 Å². The highest BCUT2D eigenvalue weighted by Crippen LogP contribution is 2.24. The van der Waals surface area contributed by atoms with Crippen LogP contribution in [0.25, 0.3) is 10.2 Å². The van der Waals surface area contributed by atoms with E-state index >= 15 is 0 Å². The van der Waals surface area contributed by atoms with Gasteiger partial charge in [-0.25, -0.2) is 0 Å². The first kappa shape index (κ1) is 18.3. The Morgan fingerprint density at radius 2 is 2.08 bits per heavy atom. The molecule has 0 bridgehead atoms. The van der Waals surface area contributed by atoms with Gasteiger partial charge in [-0.3, -0.25) is 0 Å². The molecule has 0 aliphatic heterocycles. The summed E-state index contributed by atoms with van der Waals surface area (Å²) in [5.74, 6) is 0. The van der Waals surface area contributed by atoms with E-state index in [1.165, 1.54) is 22.7 Å². The molecule has 2 aromatic heterocycles. The fourth-order valence-corrected chi connectivity index (χ4v) is 5.93. The number of aryl methyl sites for hydroxylation is 2. The number of aromatic nitrogens is 1. The summed E-state index contributed by atoms with van der Waals surface area (Å²) in [6, 6.07) is 7.47. The zero-order valence-electron chi connectivity index (χ0n) is 14.4. The van der Waals surface area contributed by atoms with Gasteiger partial charge in [0.15, 0.2) is 0 Å². The first-order valence-electron chi connectivity index (χ1n) is 7.95. The molecule has 0 aliphatic rings. The molecule has 0 saturated carbocycles. The van der Waals surface area contributed by atoms with E-state index in [9.17, 15) is 8.42 Å². The van der Waals surface area contributed by atoms with E-state index in [0.29, 0.717) is 24.6 Å². The quantitative estimate of drug-likeness (QED) is 0.597. The van der Waals surface area contributed by atoms with E-state index in [2.05, 4.69) is 16.5 Å². The summed E-state index contributed by atoms with van der Waals surface area (Å²) in [7, 11) is -3.70. The molecule has 0 saturated heterocycles. The van der Waals surface area contributed by atoms with Crippen LogP contribution in [0.15, 0.2) is 38.3 Å². The predicted octanol–water partition coefficient (Wildman–Crippen LogP) is 3.71. The zero-order valence-corrected chi connectivity index (χ0v) is 16.8. The first-order valence-corrected chi connectivity index (χ1v) is 11.1. The number of rotatable bonds is 6. The van der Waals surface area contributed by atoms with Gasteiger partial charge in [0, 0.05) is 13.2 Å². The van der Waals surface area contributed by atoms with Gasteiger partial charge < -0.3 is 9.30 Å². The summed E-state index contributed by atoms with van der Waals surface area (Å²) >= 11 is 2.59. The van der Waals surface area contributed by atoms with Crippen molar-refractivity contribution in [3.05, 3.63) is 45.6 Å². The van der Waals surface area contributed by atoms with Crippen molar-refractivity contribution in [2.45, 2.75) is 31.5 Å².